The molecule has 2 aromatic heterocycles. The van der Waals surface area contributed by atoms with Crippen molar-refractivity contribution in [1.82, 2.24) is 15.2 Å². The van der Waals surface area contributed by atoms with Crippen molar-refractivity contribution < 1.29 is 4.42 Å². The standard InChI is InChI=1S/C13H20N4O/c1-17-12(8-9-15-17)6-4-11(16-14)5-7-13-3-2-10-18-13/h2-3,8-11,16H,4-7,14H2,1H3. The van der Waals surface area contributed by atoms with E-state index in [0.717, 1.165) is 31.4 Å². The van der Waals surface area contributed by atoms with Crippen LogP contribution in [0.25, 0.3) is 0 Å². The van der Waals surface area contributed by atoms with Gasteiger partial charge in [0.25, 0.3) is 0 Å². The number of hydrazine groups is 1. The molecule has 0 bridgehead atoms. The Kier molecular flexibility index (Phi) is 4.55. The normalized spacial score (nSPS) is 12.8. The molecule has 0 saturated carbocycles. The molecule has 0 radical (unpaired) electrons. The fraction of sp³-hybridized carbons (Fsp3) is 0.462. The lowest BCUT2D eigenvalue weighted by Gasteiger charge is -2.15. The summed E-state index contributed by atoms with van der Waals surface area (Å²) in [4.78, 5) is 0. The van der Waals surface area contributed by atoms with E-state index in [1.807, 2.05) is 36.1 Å². The van der Waals surface area contributed by atoms with E-state index in [2.05, 4.69) is 10.5 Å². The van der Waals surface area contributed by atoms with Gasteiger partial charge in [0.2, 0.25) is 0 Å². The molecule has 1 unspecified atom stereocenters. The maximum absolute atomic E-state index is 5.59. The zero-order valence-corrected chi connectivity index (χ0v) is 10.7. The minimum absolute atomic E-state index is 0.296. The third kappa shape index (κ3) is 3.45. The maximum Gasteiger partial charge on any atom is 0.103 e. The van der Waals surface area contributed by atoms with Gasteiger partial charge in [0.1, 0.15) is 5.76 Å². The highest BCUT2D eigenvalue weighted by Crippen LogP contribution is 2.10. The van der Waals surface area contributed by atoms with Crippen molar-refractivity contribution in [2.75, 3.05) is 0 Å². The average Bonchev–Trinajstić information content (AvgIpc) is 3.01. The van der Waals surface area contributed by atoms with Crippen LogP contribution in [0, 0.1) is 0 Å². The molecule has 5 heteroatoms. The predicted octanol–water partition coefficient (Wildman–Crippen LogP) is 1.41. The third-order valence-corrected chi connectivity index (χ3v) is 3.23. The van der Waals surface area contributed by atoms with Crippen LogP contribution in [0.3, 0.4) is 0 Å². The zero-order chi connectivity index (χ0) is 12.8. The van der Waals surface area contributed by atoms with E-state index in [9.17, 15) is 0 Å². The molecule has 1 atom stereocenters. The first-order chi connectivity index (χ1) is 8.79. The van der Waals surface area contributed by atoms with Gasteiger partial charge in [-0.25, -0.2) is 0 Å². The lowest BCUT2D eigenvalue weighted by atomic mass is 10.0. The minimum atomic E-state index is 0.296. The summed E-state index contributed by atoms with van der Waals surface area (Å²) in [6.45, 7) is 0. The number of nitrogens with one attached hydrogen (secondary N) is 1. The highest BCUT2D eigenvalue weighted by atomic mass is 16.3. The number of hydrogen-bond acceptors (Lipinski definition) is 4. The van der Waals surface area contributed by atoms with E-state index >= 15 is 0 Å². The third-order valence-electron chi connectivity index (χ3n) is 3.23. The summed E-state index contributed by atoms with van der Waals surface area (Å²) in [6.07, 6.45) is 7.38. The van der Waals surface area contributed by atoms with Gasteiger partial charge >= 0.3 is 0 Å². The molecule has 2 heterocycles. The summed E-state index contributed by atoms with van der Waals surface area (Å²) in [6, 6.07) is 6.25. The lowest BCUT2D eigenvalue weighted by molar-refractivity contribution is 0.429. The fourth-order valence-electron chi connectivity index (χ4n) is 2.05. The van der Waals surface area contributed by atoms with Crippen molar-refractivity contribution in [2.24, 2.45) is 12.9 Å². The van der Waals surface area contributed by atoms with Gasteiger partial charge in [-0.05, 0) is 37.5 Å². The molecule has 0 aromatic carbocycles. The number of rotatable bonds is 7. The van der Waals surface area contributed by atoms with E-state index in [1.54, 1.807) is 6.26 Å². The van der Waals surface area contributed by atoms with E-state index in [1.165, 1.54) is 5.69 Å². The van der Waals surface area contributed by atoms with Gasteiger partial charge in [-0.3, -0.25) is 16.0 Å². The van der Waals surface area contributed by atoms with Crippen LogP contribution in [0.4, 0.5) is 0 Å². The largest absolute Gasteiger partial charge is 0.469 e. The molecule has 98 valence electrons. The summed E-state index contributed by atoms with van der Waals surface area (Å²) in [5.74, 6) is 6.60. The Morgan fingerprint density at radius 1 is 1.39 bits per heavy atom. The maximum atomic E-state index is 5.59. The lowest BCUT2D eigenvalue weighted by Crippen LogP contribution is -2.35. The van der Waals surface area contributed by atoms with Crippen LogP contribution in [0.5, 0.6) is 0 Å². The number of aromatic nitrogens is 2. The Balaban J connectivity index is 1.77. The number of hydrogen-bond donors (Lipinski definition) is 2. The smallest absolute Gasteiger partial charge is 0.103 e. The number of nitrogens with zero attached hydrogens (tertiary/aromatic N) is 2. The van der Waals surface area contributed by atoms with Gasteiger partial charge in [0.15, 0.2) is 0 Å². The van der Waals surface area contributed by atoms with Crippen LogP contribution in [0.2, 0.25) is 0 Å². The summed E-state index contributed by atoms with van der Waals surface area (Å²) < 4.78 is 7.22. The Morgan fingerprint density at radius 3 is 2.83 bits per heavy atom. The minimum Gasteiger partial charge on any atom is -0.469 e. The van der Waals surface area contributed by atoms with Gasteiger partial charge in [0, 0.05) is 31.4 Å². The van der Waals surface area contributed by atoms with Crippen molar-refractivity contribution in [3.05, 3.63) is 42.1 Å². The van der Waals surface area contributed by atoms with E-state index < -0.39 is 0 Å². The van der Waals surface area contributed by atoms with Crippen LogP contribution in [-0.4, -0.2) is 15.8 Å². The van der Waals surface area contributed by atoms with E-state index in [-0.39, 0.29) is 0 Å². The highest BCUT2D eigenvalue weighted by molar-refractivity contribution is 5.01. The van der Waals surface area contributed by atoms with Crippen LogP contribution in [0.1, 0.15) is 24.3 Å². The molecule has 0 aliphatic rings. The SMILES string of the molecule is Cn1nccc1CCC(CCc1ccco1)NN. The van der Waals surface area contributed by atoms with Crippen LogP contribution in [0.15, 0.2) is 35.1 Å². The van der Waals surface area contributed by atoms with Crippen LogP contribution in [-0.2, 0) is 19.9 Å². The van der Waals surface area contributed by atoms with Gasteiger partial charge in [-0.2, -0.15) is 5.10 Å². The molecule has 0 fully saturated rings. The molecule has 2 rings (SSSR count). The summed E-state index contributed by atoms with van der Waals surface area (Å²) in [5.41, 5.74) is 4.10. The van der Waals surface area contributed by atoms with Crippen molar-refractivity contribution in [3.63, 3.8) is 0 Å². The topological polar surface area (TPSA) is 69.0 Å². The molecule has 0 spiro atoms. The van der Waals surface area contributed by atoms with Gasteiger partial charge < -0.3 is 4.42 Å². The molecule has 18 heavy (non-hydrogen) atoms. The summed E-state index contributed by atoms with van der Waals surface area (Å²) in [7, 11) is 1.96. The van der Waals surface area contributed by atoms with Crippen molar-refractivity contribution in [1.29, 1.82) is 0 Å². The predicted molar refractivity (Wildman–Crippen MR) is 69.7 cm³/mol. The monoisotopic (exact) mass is 248 g/mol. The second-order valence-corrected chi connectivity index (χ2v) is 4.47. The van der Waals surface area contributed by atoms with Crippen molar-refractivity contribution in [3.8, 4) is 0 Å². The Hall–Kier alpha value is -1.59. The van der Waals surface area contributed by atoms with E-state index in [0.29, 0.717) is 6.04 Å². The molecular weight excluding hydrogens is 228 g/mol. The van der Waals surface area contributed by atoms with Gasteiger partial charge in [-0.15, -0.1) is 0 Å². The summed E-state index contributed by atoms with van der Waals surface area (Å²) >= 11 is 0. The molecule has 0 amide bonds. The molecule has 0 saturated heterocycles. The fourth-order valence-corrected chi connectivity index (χ4v) is 2.05. The first kappa shape index (κ1) is 12.9. The molecule has 2 aromatic rings. The quantitative estimate of drug-likeness (QED) is 0.574. The molecule has 0 aliphatic carbocycles. The highest BCUT2D eigenvalue weighted by Gasteiger charge is 2.09. The molecular formula is C13H20N4O. The Bertz CT molecular complexity index is 449. The Morgan fingerprint density at radius 2 is 2.22 bits per heavy atom. The second kappa shape index (κ2) is 6.37. The van der Waals surface area contributed by atoms with Gasteiger partial charge in [0.05, 0.1) is 6.26 Å². The Labute approximate surface area is 107 Å². The van der Waals surface area contributed by atoms with Crippen LogP contribution < -0.4 is 11.3 Å². The molecule has 5 nitrogen and oxygen atoms in total. The second-order valence-electron chi connectivity index (χ2n) is 4.47. The number of furan rings is 1. The molecule has 0 aliphatic heterocycles. The number of aryl methyl sites for hydroxylation is 3. The first-order valence-corrected chi connectivity index (χ1v) is 6.25. The van der Waals surface area contributed by atoms with Crippen LogP contribution >= 0.6 is 0 Å². The molecule has 3 N–H and O–H groups in total. The zero-order valence-electron chi connectivity index (χ0n) is 10.7. The first-order valence-electron chi connectivity index (χ1n) is 6.25. The van der Waals surface area contributed by atoms with E-state index in [4.69, 9.17) is 10.3 Å². The number of nitrogens with two attached hydrogens (primary N) is 1. The van der Waals surface area contributed by atoms with Crippen molar-refractivity contribution >= 4 is 0 Å². The van der Waals surface area contributed by atoms with Crippen molar-refractivity contribution in [2.45, 2.75) is 31.7 Å². The summed E-state index contributed by atoms with van der Waals surface area (Å²) in [5, 5.41) is 4.16. The van der Waals surface area contributed by atoms with Gasteiger partial charge in [-0.1, -0.05) is 0 Å². The average molecular weight is 248 g/mol.